The second kappa shape index (κ2) is 6.31. The van der Waals surface area contributed by atoms with E-state index in [1.54, 1.807) is 0 Å². The zero-order chi connectivity index (χ0) is 13.0. The Labute approximate surface area is 114 Å². The molecule has 0 amide bonds. The second-order valence-electron chi connectivity index (χ2n) is 4.16. The molecule has 1 heterocycles. The zero-order valence-corrected chi connectivity index (χ0v) is 11.7. The molecule has 98 valence electrons. The van der Waals surface area contributed by atoms with E-state index in [2.05, 4.69) is 15.9 Å². The van der Waals surface area contributed by atoms with Gasteiger partial charge in [-0.05, 0) is 31.2 Å². The second-order valence-corrected chi connectivity index (χ2v) is 5.08. The van der Waals surface area contributed by atoms with Gasteiger partial charge in [0.1, 0.15) is 24.6 Å². The highest BCUT2D eigenvalue weighted by molar-refractivity contribution is 9.10. The van der Waals surface area contributed by atoms with Crippen molar-refractivity contribution in [2.24, 2.45) is 0 Å². The number of ether oxygens (including phenoxy) is 3. The summed E-state index contributed by atoms with van der Waals surface area (Å²) < 4.78 is 17.5. The molecule has 0 spiro atoms. The molecule has 1 aromatic rings. The summed E-state index contributed by atoms with van der Waals surface area (Å²) >= 11 is 3.36. The molecular formula is C13H15BrO4. The van der Waals surface area contributed by atoms with Crippen molar-refractivity contribution >= 4 is 21.7 Å². The van der Waals surface area contributed by atoms with Crippen LogP contribution in [0, 0.1) is 0 Å². The van der Waals surface area contributed by atoms with Crippen molar-refractivity contribution in [2.75, 3.05) is 19.8 Å². The van der Waals surface area contributed by atoms with Crippen molar-refractivity contribution in [3.8, 4) is 5.75 Å². The molecule has 1 aliphatic rings. The average molecular weight is 315 g/mol. The number of hydrogen-bond donors (Lipinski definition) is 0. The van der Waals surface area contributed by atoms with Gasteiger partial charge in [-0.3, -0.25) is 4.79 Å². The Bertz CT molecular complexity index is 404. The smallest absolute Gasteiger partial charge is 0.160 e. The van der Waals surface area contributed by atoms with Crippen LogP contribution in [0.4, 0.5) is 0 Å². The summed E-state index contributed by atoms with van der Waals surface area (Å²) in [7, 11) is 0. The number of carbonyl (C=O) groups excluding carboxylic acids is 1. The lowest BCUT2D eigenvalue weighted by molar-refractivity contribution is -0.164. The highest BCUT2D eigenvalue weighted by Crippen LogP contribution is 2.17. The maximum absolute atomic E-state index is 11.2. The van der Waals surface area contributed by atoms with Crippen LogP contribution in [0.2, 0.25) is 0 Å². The fourth-order valence-corrected chi connectivity index (χ4v) is 1.90. The molecule has 18 heavy (non-hydrogen) atoms. The first-order valence-electron chi connectivity index (χ1n) is 5.77. The van der Waals surface area contributed by atoms with Gasteiger partial charge in [-0.2, -0.15) is 0 Å². The number of halogens is 1. The fourth-order valence-electron chi connectivity index (χ4n) is 1.64. The Morgan fingerprint density at radius 3 is 2.78 bits per heavy atom. The van der Waals surface area contributed by atoms with Gasteiger partial charge >= 0.3 is 0 Å². The molecule has 2 unspecified atom stereocenters. The summed E-state index contributed by atoms with van der Waals surface area (Å²) in [6, 6.07) is 7.56. The third-order valence-corrected chi connectivity index (χ3v) is 3.16. The quantitative estimate of drug-likeness (QED) is 0.854. The van der Waals surface area contributed by atoms with E-state index < -0.39 is 6.10 Å². The summed E-state index contributed by atoms with van der Waals surface area (Å²) in [5.41, 5.74) is 0. The van der Waals surface area contributed by atoms with E-state index in [4.69, 9.17) is 14.2 Å². The lowest BCUT2D eigenvalue weighted by atomic mass is 10.2. The van der Waals surface area contributed by atoms with Crippen LogP contribution in [-0.2, 0) is 14.3 Å². The van der Waals surface area contributed by atoms with Crippen molar-refractivity contribution in [2.45, 2.75) is 19.1 Å². The Balaban J connectivity index is 1.82. The van der Waals surface area contributed by atoms with E-state index in [1.807, 2.05) is 24.3 Å². The first-order chi connectivity index (χ1) is 8.65. The number of ketones is 1. The Hall–Kier alpha value is -0.910. The standard InChI is InChI=1S/C13H15BrO4/c1-9(15)13-8-16-6-12(18-13)7-17-11-4-2-10(14)3-5-11/h2-5,12-13H,6-8H2,1H3. The molecule has 1 fully saturated rings. The van der Waals surface area contributed by atoms with Gasteiger partial charge in [-0.25, -0.2) is 0 Å². The van der Waals surface area contributed by atoms with Gasteiger partial charge < -0.3 is 14.2 Å². The fraction of sp³-hybridized carbons (Fsp3) is 0.462. The van der Waals surface area contributed by atoms with Crippen LogP contribution in [0.15, 0.2) is 28.7 Å². The molecule has 0 saturated carbocycles. The summed E-state index contributed by atoms with van der Waals surface area (Å²) in [5, 5.41) is 0. The van der Waals surface area contributed by atoms with Crippen LogP contribution in [0.1, 0.15) is 6.92 Å². The van der Waals surface area contributed by atoms with Gasteiger partial charge in [-0.1, -0.05) is 15.9 Å². The van der Waals surface area contributed by atoms with Gasteiger partial charge in [0.15, 0.2) is 5.78 Å². The number of benzene rings is 1. The largest absolute Gasteiger partial charge is 0.491 e. The van der Waals surface area contributed by atoms with E-state index in [0.717, 1.165) is 10.2 Å². The number of rotatable bonds is 4. The minimum atomic E-state index is -0.461. The summed E-state index contributed by atoms with van der Waals surface area (Å²) in [5.74, 6) is 0.759. The topological polar surface area (TPSA) is 44.8 Å². The molecule has 2 rings (SSSR count). The zero-order valence-electron chi connectivity index (χ0n) is 10.1. The van der Waals surface area contributed by atoms with Crippen molar-refractivity contribution < 1.29 is 19.0 Å². The van der Waals surface area contributed by atoms with E-state index >= 15 is 0 Å². The molecule has 0 bridgehead atoms. The maximum Gasteiger partial charge on any atom is 0.160 e. The average Bonchev–Trinajstić information content (AvgIpc) is 2.38. The molecule has 0 N–H and O–H groups in total. The normalized spacial score (nSPS) is 23.7. The first kappa shape index (κ1) is 13.5. The summed E-state index contributed by atoms with van der Waals surface area (Å²) in [4.78, 5) is 11.2. The molecule has 4 nitrogen and oxygen atoms in total. The lowest BCUT2D eigenvalue weighted by Crippen LogP contribution is -2.42. The van der Waals surface area contributed by atoms with Crippen molar-refractivity contribution in [3.63, 3.8) is 0 Å². The maximum atomic E-state index is 11.2. The van der Waals surface area contributed by atoms with E-state index in [-0.39, 0.29) is 11.9 Å². The predicted octanol–water partition coefficient (Wildman–Crippen LogP) is 2.20. The third-order valence-electron chi connectivity index (χ3n) is 2.63. The van der Waals surface area contributed by atoms with E-state index in [1.165, 1.54) is 6.92 Å². The molecule has 0 aromatic heterocycles. The highest BCUT2D eigenvalue weighted by atomic mass is 79.9. The number of carbonyl (C=O) groups is 1. The molecule has 1 aliphatic heterocycles. The van der Waals surface area contributed by atoms with Crippen molar-refractivity contribution in [1.29, 1.82) is 0 Å². The lowest BCUT2D eigenvalue weighted by Gasteiger charge is -2.28. The SMILES string of the molecule is CC(=O)C1COCC(COc2ccc(Br)cc2)O1. The molecular weight excluding hydrogens is 300 g/mol. The van der Waals surface area contributed by atoms with Crippen molar-refractivity contribution in [3.05, 3.63) is 28.7 Å². The Kier molecular flexibility index (Phi) is 4.74. The Morgan fingerprint density at radius 1 is 1.39 bits per heavy atom. The van der Waals surface area contributed by atoms with Gasteiger partial charge in [0.2, 0.25) is 0 Å². The van der Waals surface area contributed by atoms with Crippen LogP contribution in [0.3, 0.4) is 0 Å². The van der Waals surface area contributed by atoms with E-state index in [9.17, 15) is 4.79 Å². The Morgan fingerprint density at radius 2 is 2.11 bits per heavy atom. The van der Waals surface area contributed by atoms with Crippen LogP contribution in [0.25, 0.3) is 0 Å². The van der Waals surface area contributed by atoms with Gasteiger partial charge in [-0.15, -0.1) is 0 Å². The minimum absolute atomic E-state index is 0.0108. The molecule has 1 saturated heterocycles. The summed E-state index contributed by atoms with van der Waals surface area (Å²) in [6.07, 6.45) is -0.659. The molecule has 0 radical (unpaired) electrons. The first-order valence-corrected chi connectivity index (χ1v) is 6.56. The minimum Gasteiger partial charge on any atom is -0.491 e. The molecule has 5 heteroatoms. The monoisotopic (exact) mass is 314 g/mol. The number of Topliss-reactive ketones (excluding diaryl/α,β-unsaturated/α-hetero) is 1. The third kappa shape index (κ3) is 3.80. The highest BCUT2D eigenvalue weighted by Gasteiger charge is 2.26. The summed E-state index contributed by atoms with van der Waals surface area (Å²) in [6.45, 7) is 2.68. The van der Waals surface area contributed by atoms with Crippen LogP contribution < -0.4 is 4.74 Å². The molecule has 2 atom stereocenters. The van der Waals surface area contributed by atoms with Crippen LogP contribution in [-0.4, -0.2) is 37.8 Å². The van der Waals surface area contributed by atoms with Gasteiger partial charge in [0.25, 0.3) is 0 Å². The predicted molar refractivity (Wildman–Crippen MR) is 69.8 cm³/mol. The van der Waals surface area contributed by atoms with Crippen LogP contribution in [0.5, 0.6) is 5.75 Å². The number of hydrogen-bond acceptors (Lipinski definition) is 4. The molecule has 1 aromatic carbocycles. The van der Waals surface area contributed by atoms with Crippen molar-refractivity contribution in [1.82, 2.24) is 0 Å². The van der Waals surface area contributed by atoms with E-state index in [0.29, 0.717) is 19.8 Å². The van der Waals surface area contributed by atoms with Gasteiger partial charge in [0.05, 0.1) is 13.2 Å². The molecule has 0 aliphatic carbocycles. The van der Waals surface area contributed by atoms with Crippen LogP contribution >= 0.6 is 15.9 Å². The van der Waals surface area contributed by atoms with Gasteiger partial charge in [0, 0.05) is 4.47 Å².